The number of aromatic nitrogens is 1. The minimum Gasteiger partial charge on any atom is -0.481 e. The van der Waals surface area contributed by atoms with Gasteiger partial charge in [-0.25, -0.2) is 13.1 Å². The van der Waals surface area contributed by atoms with Crippen molar-refractivity contribution >= 4 is 20.9 Å². The molecular formula is C19H22N2O3S. The van der Waals surface area contributed by atoms with Gasteiger partial charge in [-0.1, -0.05) is 37.2 Å². The molecule has 3 rings (SSSR count). The van der Waals surface area contributed by atoms with Crippen molar-refractivity contribution in [1.82, 2.24) is 9.71 Å². The molecular weight excluding hydrogens is 336 g/mol. The van der Waals surface area contributed by atoms with Crippen molar-refractivity contribution in [2.75, 3.05) is 13.2 Å². The Kier molecular flexibility index (Phi) is 5.90. The van der Waals surface area contributed by atoms with Crippen LogP contribution in [0.5, 0.6) is 5.75 Å². The van der Waals surface area contributed by atoms with Crippen LogP contribution < -0.4 is 9.46 Å². The maximum Gasteiger partial charge on any atom is 0.215 e. The third-order valence-corrected chi connectivity index (χ3v) is 6.26. The first-order valence-electron chi connectivity index (χ1n) is 8.57. The number of fused-ring (bicyclic) bond motifs is 1. The van der Waals surface area contributed by atoms with Gasteiger partial charge in [0.05, 0.1) is 17.3 Å². The van der Waals surface area contributed by atoms with Crippen LogP contribution in [0.1, 0.15) is 32.1 Å². The van der Waals surface area contributed by atoms with E-state index in [4.69, 9.17) is 4.74 Å². The summed E-state index contributed by atoms with van der Waals surface area (Å²) < 4.78 is 32.5. The van der Waals surface area contributed by atoms with Crippen LogP contribution in [-0.2, 0) is 10.0 Å². The lowest BCUT2D eigenvalue weighted by molar-refractivity contribution is 0.370. The van der Waals surface area contributed by atoms with Crippen LogP contribution in [0.2, 0.25) is 0 Å². The molecule has 132 valence electrons. The Morgan fingerprint density at radius 3 is 2.84 bits per heavy atom. The predicted molar refractivity (Wildman–Crippen MR) is 98.8 cm³/mol. The summed E-state index contributed by atoms with van der Waals surface area (Å²) in [5.41, 5.74) is 0.869. The topological polar surface area (TPSA) is 68.3 Å². The third-order valence-electron chi connectivity index (χ3n) is 4.37. The number of nitrogens with one attached hydrogen (secondary N) is 1. The first kappa shape index (κ1) is 17.7. The monoisotopic (exact) mass is 358 g/mol. The van der Waals surface area contributed by atoms with E-state index < -0.39 is 10.0 Å². The fourth-order valence-corrected chi connectivity index (χ4v) is 4.46. The lowest BCUT2D eigenvalue weighted by Gasteiger charge is -2.21. The van der Waals surface area contributed by atoms with E-state index in [0.717, 1.165) is 43.0 Å². The fourth-order valence-electron chi connectivity index (χ4n) is 3.00. The van der Waals surface area contributed by atoms with Gasteiger partial charge in [0.25, 0.3) is 0 Å². The molecule has 0 unspecified atom stereocenters. The zero-order valence-corrected chi connectivity index (χ0v) is 14.9. The Morgan fingerprint density at radius 1 is 1.16 bits per heavy atom. The van der Waals surface area contributed by atoms with Gasteiger partial charge < -0.3 is 4.74 Å². The number of ether oxygens (including phenoxy) is 1. The summed E-state index contributed by atoms with van der Waals surface area (Å²) in [5, 5.41) is 0.794. The Bertz CT molecular complexity index is 878. The Morgan fingerprint density at radius 2 is 2.00 bits per heavy atom. The molecule has 0 saturated heterocycles. The van der Waals surface area contributed by atoms with E-state index in [2.05, 4.69) is 21.5 Å². The number of rotatable bonds is 5. The molecule has 1 aliphatic rings. The van der Waals surface area contributed by atoms with Gasteiger partial charge in [0, 0.05) is 17.6 Å². The molecule has 1 aromatic carbocycles. The van der Waals surface area contributed by atoms with Crippen LogP contribution >= 0.6 is 0 Å². The highest BCUT2D eigenvalue weighted by molar-refractivity contribution is 7.90. The maximum atomic E-state index is 12.1. The normalized spacial score (nSPS) is 15.5. The number of hydrogen-bond acceptors (Lipinski definition) is 4. The molecule has 0 spiro atoms. The summed E-state index contributed by atoms with van der Waals surface area (Å²) in [7, 11) is -3.25. The Hall–Kier alpha value is -2.10. The van der Waals surface area contributed by atoms with Crippen LogP contribution in [0, 0.1) is 11.8 Å². The molecule has 0 atom stereocenters. The van der Waals surface area contributed by atoms with Crippen molar-refractivity contribution in [3.8, 4) is 17.6 Å². The number of benzene rings is 1. The average Bonchev–Trinajstić information content (AvgIpc) is 2.65. The van der Waals surface area contributed by atoms with E-state index in [1.54, 1.807) is 6.20 Å². The minimum atomic E-state index is -3.25. The molecule has 0 bridgehead atoms. The van der Waals surface area contributed by atoms with E-state index in [1.165, 1.54) is 0 Å². The largest absolute Gasteiger partial charge is 0.481 e. The van der Waals surface area contributed by atoms with Crippen LogP contribution in [0.3, 0.4) is 0 Å². The van der Waals surface area contributed by atoms with Crippen LogP contribution in [-0.4, -0.2) is 31.8 Å². The number of nitrogens with zero attached hydrogens (tertiary/aromatic N) is 1. The lowest BCUT2D eigenvalue weighted by Crippen LogP contribution is -2.35. The molecule has 0 radical (unpaired) electrons. The third kappa shape index (κ3) is 4.94. The standard InChI is InChI=1S/C19H22N2O3S/c22-25(23,18-8-2-1-3-9-18)21-13-4-5-14-24-17-11-10-16-7-6-12-20-19(16)15-17/h6-7,10-12,15,18,21H,1-3,8-9,13-14H2. The second kappa shape index (κ2) is 8.32. The van der Waals surface area contributed by atoms with Crippen molar-refractivity contribution in [1.29, 1.82) is 0 Å². The van der Waals surface area contributed by atoms with Gasteiger partial charge in [-0.3, -0.25) is 4.98 Å². The molecule has 6 heteroatoms. The zero-order chi connectivity index (χ0) is 17.5. The van der Waals surface area contributed by atoms with E-state index in [-0.39, 0.29) is 18.4 Å². The van der Waals surface area contributed by atoms with E-state index in [1.807, 2.05) is 30.3 Å². The molecule has 0 amide bonds. The SMILES string of the molecule is O=S(=O)(NCC#CCOc1ccc2cccnc2c1)C1CCCCC1. The second-order valence-electron chi connectivity index (χ2n) is 6.13. The number of sulfonamides is 1. The van der Waals surface area contributed by atoms with Gasteiger partial charge in [-0.05, 0) is 31.0 Å². The van der Waals surface area contributed by atoms with Crippen LogP contribution in [0.25, 0.3) is 10.9 Å². The van der Waals surface area contributed by atoms with Crippen molar-refractivity contribution in [2.24, 2.45) is 0 Å². The summed E-state index contributed by atoms with van der Waals surface area (Å²) in [5.74, 6) is 6.34. The summed E-state index contributed by atoms with van der Waals surface area (Å²) in [6, 6.07) is 9.57. The maximum absolute atomic E-state index is 12.1. The van der Waals surface area contributed by atoms with Crippen LogP contribution in [0.15, 0.2) is 36.5 Å². The number of hydrogen-bond donors (Lipinski definition) is 1. The minimum absolute atomic E-state index is 0.126. The quantitative estimate of drug-likeness (QED) is 0.835. The smallest absolute Gasteiger partial charge is 0.215 e. The summed E-state index contributed by atoms with van der Waals surface area (Å²) in [6.45, 7) is 0.338. The Balaban J connectivity index is 1.46. The molecule has 1 aliphatic carbocycles. The molecule has 1 saturated carbocycles. The van der Waals surface area contributed by atoms with Gasteiger partial charge in [-0.2, -0.15) is 0 Å². The predicted octanol–water partition coefficient (Wildman–Crippen LogP) is 2.87. The molecule has 2 aromatic rings. The van der Waals surface area contributed by atoms with E-state index >= 15 is 0 Å². The Labute approximate surface area is 148 Å². The molecule has 1 heterocycles. The van der Waals surface area contributed by atoms with E-state index in [9.17, 15) is 8.42 Å². The van der Waals surface area contributed by atoms with E-state index in [0.29, 0.717) is 5.75 Å². The van der Waals surface area contributed by atoms with Gasteiger partial charge >= 0.3 is 0 Å². The van der Waals surface area contributed by atoms with Crippen LogP contribution in [0.4, 0.5) is 0 Å². The molecule has 0 aliphatic heterocycles. The highest BCUT2D eigenvalue weighted by atomic mass is 32.2. The van der Waals surface area contributed by atoms with Gasteiger partial charge in [0.15, 0.2) is 0 Å². The first-order chi connectivity index (χ1) is 12.1. The molecule has 1 aromatic heterocycles. The van der Waals surface area contributed by atoms with Crippen molar-refractivity contribution in [2.45, 2.75) is 37.4 Å². The zero-order valence-electron chi connectivity index (χ0n) is 14.1. The molecule has 1 fully saturated rings. The van der Waals surface area contributed by atoms with Gasteiger partial charge in [0.2, 0.25) is 10.0 Å². The summed E-state index contributed by atoms with van der Waals surface area (Å²) in [6.07, 6.45) is 6.36. The molecule has 5 nitrogen and oxygen atoms in total. The van der Waals surface area contributed by atoms with Crippen molar-refractivity contribution in [3.63, 3.8) is 0 Å². The second-order valence-corrected chi connectivity index (χ2v) is 8.17. The van der Waals surface area contributed by atoms with Gasteiger partial charge in [0.1, 0.15) is 12.4 Å². The fraction of sp³-hybridized carbons (Fsp3) is 0.421. The highest BCUT2D eigenvalue weighted by Crippen LogP contribution is 2.22. The average molecular weight is 358 g/mol. The summed E-state index contributed by atoms with van der Waals surface area (Å²) in [4.78, 5) is 4.28. The van der Waals surface area contributed by atoms with Crippen molar-refractivity contribution in [3.05, 3.63) is 36.5 Å². The number of pyridine rings is 1. The molecule has 25 heavy (non-hydrogen) atoms. The first-order valence-corrected chi connectivity index (χ1v) is 10.1. The molecule has 1 N–H and O–H groups in total. The summed E-state index contributed by atoms with van der Waals surface area (Å²) >= 11 is 0. The highest BCUT2D eigenvalue weighted by Gasteiger charge is 2.26. The van der Waals surface area contributed by atoms with Gasteiger partial charge in [-0.15, -0.1) is 0 Å². The lowest BCUT2D eigenvalue weighted by atomic mass is 10.0. The van der Waals surface area contributed by atoms with Crippen molar-refractivity contribution < 1.29 is 13.2 Å².